The molecule has 0 saturated heterocycles. The zero-order valence-corrected chi connectivity index (χ0v) is 14.1. The van der Waals surface area contributed by atoms with E-state index in [0.717, 1.165) is 0 Å². The van der Waals surface area contributed by atoms with Crippen molar-refractivity contribution in [3.05, 3.63) is 0 Å². The minimum atomic E-state index is -8.17. The molecule has 0 spiro atoms. The van der Waals surface area contributed by atoms with Crippen molar-refractivity contribution < 1.29 is 103 Å². The van der Waals surface area contributed by atoms with E-state index in [9.17, 15) is 74.4 Å². The Balaban J connectivity index is 0. The maximum absolute atomic E-state index is 13.4. The summed E-state index contributed by atoms with van der Waals surface area (Å²) in [6.07, 6.45) is -22.0. The van der Waals surface area contributed by atoms with Crippen LogP contribution in [0.1, 0.15) is 0 Å². The van der Waals surface area contributed by atoms with Crippen molar-refractivity contribution in [1.29, 1.82) is 0 Å². The van der Waals surface area contributed by atoms with Crippen LogP contribution in [0.5, 0.6) is 0 Å². The fraction of sp³-hybridized carbons (Fsp3) is 1.00. The van der Waals surface area contributed by atoms with Crippen LogP contribution in [0.25, 0.3) is 0 Å². The maximum Gasteiger partial charge on any atom is 1.00 e. The topological polar surface area (TPSA) is 75.7 Å². The molecule has 0 aromatic carbocycles. The summed E-state index contributed by atoms with van der Waals surface area (Å²) < 4.78 is 213. The molecule has 0 saturated carbocycles. The molecule has 0 amide bonds. The second kappa shape index (κ2) is 7.85. The summed E-state index contributed by atoms with van der Waals surface area (Å²) in [6, 6.07) is 0. The Hall–Kier alpha value is -0.553. The molecule has 0 N–H and O–H groups in total. The minimum Gasteiger partial charge on any atom is -0.743 e. The first kappa shape index (κ1) is 30.6. The number of ether oxygens (including phenoxy) is 2. The monoisotopic (exact) mass is 484 g/mol. The van der Waals surface area contributed by atoms with Crippen molar-refractivity contribution in [2.24, 2.45) is 0 Å². The SMILES string of the molecule is COC(F)(F)C(F)(OC(F)(F)C(F)(F)C(F)(F)C(F)(F)S(=O)(=O)[O-])C(F)(F)F.[Li+]. The van der Waals surface area contributed by atoms with E-state index >= 15 is 0 Å². The van der Waals surface area contributed by atoms with Crippen LogP contribution in [0.3, 0.4) is 0 Å². The summed E-state index contributed by atoms with van der Waals surface area (Å²) in [4.78, 5) is 0. The molecular weight excluding hydrogens is 481 g/mol. The molecule has 0 aromatic heterocycles. The standard InChI is InChI=1S/C8H4F14O5S.Li/c1-26-7(19,20)4(13,5(14,15)16)27-6(17,18)2(9,10)3(11,12)8(21,22)28(23,24)25;/h1H3,(H,23,24,25);/q;+1/p-1. The summed E-state index contributed by atoms with van der Waals surface area (Å²) in [7, 11) is -8.42. The molecule has 0 fully saturated rings. The molecule has 1 atom stereocenters. The average Bonchev–Trinajstić information content (AvgIpc) is 2.43. The van der Waals surface area contributed by atoms with E-state index in [4.69, 9.17) is 0 Å². The Morgan fingerprint density at radius 1 is 0.690 bits per heavy atom. The van der Waals surface area contributed by atoms with Crippen LogP contribution < -0.4 is 18.9 Å². The predicted molar refractivity (Wildman–Crippen MR) is 52.4 cm³/mol. The Bertz CT molecular complexity index is 691. The summed E-state index contributed by atoms with van der Waals surface area (Å²) in [5.74, 6) is -23.6. The molecule has 0 aliphatic heterocycles. The summed E-state index contributed by atoms with van der Waals surface area (Å²) in [5, 5.41) is -7.64. The molecule has 0 rings (SSSR count). The molecule has 170 valence electrons. The zero-order valence-electron chi connectivity index (χ0n) is 13.2. The van der Waals surface area contributed by atoms with Gasteiger partial charge in [0.25, 0.3) is 0 Å². The molecule has 0 radical (unpaired) electrons. The average molecular weight is 484 g/mol. The van der Waals surface area contributed by atoms with Gasteiger partial charge in [-0.1, -0.05) is 0 Å². The Morgan fingerprint density at radius 2 is 1.03 bits per heavy atom. The van der Waals surface area contributed by atoms with Gasteiger partial charge in [-0.05, 0) is 0 Å². The van der Waals surface area contributed by atoms with Gasteiger partial charge in [0.05, 0.1) is 0 Å². The van der Waals surface area contributed by atoms with Crippen LogP contribution >= 0.6 is 0 Å². The van der Waals surface area contributed by atoms with Gasteiger partial charge in [-0.15, -0.1) is 0 Å². The van der Waals surface area contributed by atoms with Gasteiger partial charge >= 0.3 is 60.2 Å². The number of hydrogen-bond donors (Lipinski definition) is 0. The van der Waals surface area contributed by atoms with Crippen LogP contribution in [-0.4, -0.2) is 61.4 Å². The van der Waals surface area contributed by atoms with E-state index < -0.39 is 58.6 Å². The van der Waals surface area contributed by atoms with Gasteiger partial charge in [0.1, 0.15) is 0 Å². The largest absolute Gasteiger partial charge is 1.00 e. The third-order valence-electron chi connectivity index (χ3n) is 2.70. The van der Waals surface area contributed by atoms with Gasteiger partial charge in [0.15, 0.2) is 10.1 Å². The van der Waals surface area contributed by atoms with Gasteiger partial charge in [0.2, 0.25) is 0 Å². The fourth-order valence-electron chi connectivity index (χ4n) is 1.18. The minimum absolute atomic E-state index is 0. The predicted octanol–water partition coefficient (Wildman–Crippen LogP) is 0.476. The van der Waals surface area contributed by atoms with Gasteiger partial charge in [-0.3, -0.25) is 4.74 Å². The first-order chi connectivity index (χ1) is 11.8. The molecule has 21 heteroatoms. The first-order valence-electron chi connectivity index (χ1n) is 5.62. The van der Waals surface area contributed by atoms with E-state index in [0.29, 0.717) is 0 Å². The van der Waals surface area contributed by atoms with Crippen molar-refractivity contribution in [2.45, 2.75) is 41.3 Å². The quantitative estimate of drug-likeness (QED) is 0.285. The number of methoxy groups -OCH3 is 1. The summed E-state index contributed by atoms with van der Waals surface area (Å²) in [5.41, 5.74) is 0. The third-order valence-corrected chi connectivity index (χ3v) is 3.59. The molecule has 0 aliphatic rings. The molecule has 0 heterocycles. The van der Waals surface area contributed by atoms with E-state index in [1.54, 1.807) is 0 Å². The van der Waals surface area contributed by atoms with Crippen molar-refractivity contribution in [1.82, 2.24) is 0 Å². The second-order valence-electron chi connectivity index (χ2n) is 4.55. The van der Waals surface area contributed by atoms with Crippen molar-refractivity contribution in [3.63, 3.8) is 0 Å². The van der Waals surface area contributed by atoms with Crippen LogP contribution in [-0.2, 0) is 19.6 Å². The smallest absolute Gasteiger partial charge is 0.743 e. The van der Waals surface area contributed by atoms with E-state index in [1.807, 2.05) is 0 Å². The fourth-order valence-corrected chi connectivity index (χ4v) is 1.62. The van der Waals surface area contributed by atoms with Gasteiger partial charge < -0.3 is 9.29 Å². The Labute approximate surface area is 162 Å². The van der Waals surface area contributed by atoms with Crippen molar-refractivity contribution in [3.8, 4) is 0 Å². The Kier molecular flexibility index (Phi) is 8.30. The van der Waals surface area contributed by atoms with E-state index in [2.05, 4.69) is 4.74 Å². The maximum atomic E-state index is 13.4. The zero-order chi connectivity index (χ0) is 23.4. The normalized spacial score (nSPS) is 17.5. The van der Waals surface area contributed by atoms with Crippen LogP contribution in [0, 0.1) is 0 Å². The second-order valence-corrected chi connectivity index (χ2v) is 5.97. The van der Waals surface area contributed by atoms with Crippen LogP contribution in [0.2, 0.25) is 0 Å². The Morgan fingerprint density at radius 3 is 1.28 bits per heavy atom. The number of alkyl halides is 14. The number of halogens is 14. The molecule has 1 unspecified atom stereocenters. The third kappa shape index (κ3) is 4.56. The molecule has 29 heavy (non-hydrogen) atoms. The molecule has 0 bridgehead atoms. The first-order valence-corrected chi connectivity index (χ1v) is 7.03. The molecule has 5 nitrogen and oxygen atoms in total. The molecular formula is C8H3F14LiO5S. The van der Waals surface area contributed by atoms with Gasteiger partial charge in [-0.2, -0.15) is 61.5 Å². The van der Waals surface area contributed by atoms with Crippen LogP contribution in [0.4, 0.5) is 61.5 Å². The summed E-state index contributed by atoms with van der Waals surface area (Å²) in [6.45, 7) is 0. The number of hydrogen-bond acceptors (Lipinski definition) is 5. The molecule has 0 aromatic rings. The summed E-state index contributed by atoms with van der Waals surface area (Å²) >= 11 is 0. The van der Waals surface area contributed by atoms with Crippen molar-refractivity contribution >= 4 is 10.1 Å². The van der Waals surface area contributed by atoms with Gasteiger partial charge in [-0.25, -0.2) is 8.42 Å². The van der Waals surface area contributed by atoms with Crippen LogP contribution in [0.15, 0.2) is 0 Å². The van der Waals surface area contributed by atoms with Gasteiger partial charge in [0, 0.05) is 7.11 Å². The van der Waals surface area contributed by atoms with Crippen molar-refractivity contribution in [2.75, 3.05) is 7.11 Å². The van der Waals surface area contributed by atoms with E-state index in [-0.39, 0.29) is 18.9 Å². The van der Waals surface area contributed by atoms with E-state index in [1.165, 1.54) is 4.74 Å². The molecule has 0 aliphatic carbocycles. The number of rotatable bonds is 8.